The Kier molecular flexibility index (Phi) is 12.4. The van der Waals surface area contributed by atoms with Gasteiger partial charge in [-0.2, -0.15) is 0 Å². The predicted molar refractivity (Wildman–Crippen MR) is 280 cm³/mol. The third-order valence-electron chi connectivity index (χ3n) is 14.4. The highest BCUT2D eigenvalue weighted by Crippen LogP contribution is 2.51. The standard InChI is InChI=1S/C64H58S/c1-4-45(51-41-61(49-26-18-25-47(40-49)46-22-10-7-11-23-46)52(5-2)62(42-51)58-29-16-17-33-63(58)65)39-48-24-12-13-27-54(48)53-37-35-50(38-43(53)3)55-31-19-32-60-57(36-34-44-20-8-6-9-21-44)56-28-14-15-30-59(56)64(55)60/h6-33,35,37-38,40-43,45,53,57,65H,4-5,34,36,39H2,1-3H3. The summed E-state index contributed by atoms with van der Waals surface area (Å²) in [6, 6.07) is 69.9. The Morgan fingerprint density at radius 2 is 1.17 bits per heavy atom. The third-order valence-corrected chi connectivity index (χ3v) is 14.8. The molecule has 0 aliphatic heterocycles. The lowest BCUT2D eigenvalue weighted by atomic mass is 9.76. The van der Waals surface area contributed by atoms with Crippen molar-refractivity contribution in [2.75, 3.05) is 0 Å². The molecule has 65 heavy (non-hydrogen) atoms. The molecular formula is C64H58S. The van der Waals surface area contributed by atoms with Gasteiger partial charge in [0.15, 0.2) is 0 Å². The third kappa shape index (κ3) is 8.51. The number of allylic oxidation sites excluding steroid dienone is 4. The summed E-state index contributed by atoms with van der Waals surface area (Å²) in [5.41, 5.74) is 23.1. The second kappa shape index (κ2) is 19.0. The van der Waals surface area contributed by atoms with E-state index in [1.807, 2.05) is 0 Å². The Labute approximate surface area is 392 Å². The van der Waals surface area contributed by atoms with Crippen LogP contribution in [0.3, 0.4) is 0 Å². The Bertz CT molecular complexity index is 3020. The van der Waals surface area contributed by atoms with Crippen LogP contribution in [0.25, 0.3) is 50.1 Å². The summed E-state index contributed by atoms with van der Waals surface area (Å²) in [5, 5.41) is 0. The Hall–Kier alpha value is -6.41. The van der Waals surface area contributed by atoms with Crippen LogP contribution >= 0.6 is 12.6 Å². The number of hydrogen-bond acceptors (Lipinski definition) is 1. The molecule has 0 fully saturated rings. The zero-order valence-electron chi connectivity index (χ0n) is 37.9. The van der Waals surface area contributed by atoms with Crippen LogP contribution in [-0.4, -0.2) is 0 Å². The van der Waals surface area contributed by atoms with Crippen molar-refractivity contribution in [1.29, 1.82) is 0 Å². The van der Waals surface area contributed by atoms with Gasteiger partial charge in [-0.05, 0) is 151 Å². The van der Waals surface area contributed by atoms with E-state index in [4.69, 9.17) is 12.6 Å². The molecule has 0 spiro atoms. The Morgan fingerprint density at radius 1 is 0.538 bits per heavy atom. The summed E-state index contributed by atoms with van der Waals surface area (Å²) < 4.78 is 0. The first-order valence-electron chi connectivity index (χ1n) is 23.8. The zero-order chi connectivity index (χ0) is 44.3. The average molecular weight is 859 g/mol. The van der Waals surface area contributed by atoms with Crippen molar-refractivity contribution in [2.45, 2.75) is 75.5 Å². The average Bonchev–Trinajstić information content (AvgIpc) is 3.69. The van der Waals surface area contributed by atoms with E-state index in [0.29, 0.717) is 23.7 Å². The van der Waals surface area contributed by atoms with Gasteiger partial charge in [-0.15, -0.1) is 12.6 Å². The van der Waals surface area contributed by atoms with Gasteiger partial charge in [0.05, 0.1) is 0 Å². The van der Waals surface area contributed by atoms with Gasteiger partial charge in [0.25, 0.3) is 0 Å². The van der Waals surface area contributed by atoms with Gasteiger partial charge in [-0.1, -0.05) is 215 Å². The van der Waals surface area contributed by atoms with E-state index in [1.54, 1.807) is 0 Å². The molecule has 4 atom stereocenters. The van der Waals surface area contributed by atoms with Gasteiger partial charge in [-0.25, -0.2) is 0 Å². The first kappa shape index (κ1) is 42.5. The number of thiol groups is 1. The minimum absolute atomic E-state index is 0.292. The minimum atomic E-state index is 0.292. The largest absolute Gasteiger partial charge is 0.143 e. The maximum absolute atomic E-state index is 5.03. The number of fused-ring (bicyclic) bond motifs is 3. The number of rotatable bonds is 13. The van der Waals surface area contributed by atoms with Crippen LogP contribution in [0.5, 0.6) is 0 Å². The van der Waals surface area contributed by atoms with E-state index in [-0.39, 0.29) is 0 Å². The molecule has 10 rings (SSSR count). The molecule has 0 bridgehead atoms. The maximum Gasteiger partial charge on any atom is 0.0119 e. The van der Waals surface area contributed by atoms with Gasteiger partial charge in [0.1, 0.15) is 0 Å². The summed E-state index contributed by atoms with van der Waals surface area (Å²) in [6.45, 7) is 7.08. The van der Waals surface area contributed by atoms with E-state index in [0.717, 1.165) is 37.0 Å². The molecule has 8 aromatic carbocycles. The van der Waals surface area contributed by atoms with Gasteiger partial charge >= 0.3 is 0 Å². The van der Waals surface area contributed by atoms with E-state index in [1.165, 1.54) is 94.6 Å². The lowest BCUT2D eigenvalue weighted by Gasteiger charge is -2.28. The van der Waals surface area contributed by atoms with E-state index in [9.17, 15) is 0 Å². The van der Waals surface area contributed by atoms with Crippen molar-refractivity contribution in [1.82, 2.24) is 0 Å². The van der Waals surface area contributed by atoms with Crippen molar-refractivity contribution >= 4 is 18.2 Å². The molecule has 0 amide bonds. The fraction of sp³-hybridized carbons (Fsp3) is 0.188. The molecule has 8 aromatic rings. The monoisotopic (exact) mass is 858 g/mol. The quantitative estimate of drug-likeness (QED) is 0.110. The number of aryl methyl sites for hydroxylation is 1. The van der Waals surface area contributed by atoms with Crippen molar-refractivity contribution in [3.05, 3.63) is 251 Å². The Morgan fingerprint density at radius 3 is 1.94 bits per heavy atom. The van der Waals surface area contributed by atoms with E-state index < -0.39 is 0 Å². The zero-order valence-corrected chi connectivity index (χ0v) is 38.8. The minimum Gasteiger partial charge on any atom is -0.143 e. The van der Waals surface area contributed by atoms with Crippen LogP contribution in [0.15, 0.2) is 211 Å². The van der Waals surface area contributed by atoms with Crippen LogP contribution in [0, 0.1) is 5.92 Å². The summed E-state index contributed by atoms with van der Waals surface area (Å²) in [5.74, 6) is 1.36. The fourth-order valence-corrected chi connectivity index (χ4v) is 11.4. The first-order chi connectivity index (χ1) is 32.0. The SMILES string of the molecule is CCc1c(-c2cccc(-c3ccccc3)c2)cc(C(CC)Cc2ccccc2C2C=CC(c3cccc4c3-c3ccccc3C4CCc3ccccc3)=CC2C)cc1-c1ccccc1S. The Balaban J connectivity index is 0.975. The van der Waals surface area contributed by atoms with Crippen LogP contribution in [-0.2, 0) is 19.3 Å². The van der Waals surface area contributed by atoms with Crippen molar-refractivity contribution in [2.24, 2.45) is 5.92 Å². The lowest BCUT2D eigenvalue weighted by Crippen LogP contribution is -2.13. The molecule has 0 saturated carbocycles. The molecule has 2 aliphatic carbocycles. The summed E-state index contributed by atoms with van der Waals surface area (Å²) in [7, 11) is 0. The van der Waals surface area contributed by atoms with Crippen molar-refractivity contribution in [3.63, 3.8) is 0 Å². The van der Waals surface area contributed by atoms with Crippen LogP contribution < -0.4 is 0 Å². The normalized spacial score (nSPS) is 16.7. The number of benzene rings is 8. The molecule has 0 nitrogen and oxygen atoms in total. The van der Waals surface area contributed by atoms with Crippen molar-refractivity contribution in [3.8, 4) is 44.5 Å². The summed E-state index contributed by atoms with van der Waals surface area (Å²) in [4.78, 5) is 1.01. The highest BCUT2D eigenvalue weighted by Gasteiger charge is 2.32. The molecule has 0 heterocycles. The second-order valence-electron chi connectivity index (χ2n) is 18.2. The molecule has 1 heteroatoms. The van der Waals surface area contributed by atoms with Crippen LogP contribution in [0.1, 0.15) is 95.9 Å². The highest BCUT2D eigenvalue weighted by atomic mass is 32.1. The maximum atomic E-state index is 5.03. The van der Waals surface area contributed by atoms with Crippen LogP contribution in [0.2, 0.25) is 0 Å². The van der Waals surface area contributed by atoms with Gasteiger partial charge in [-0.3, -0.25) is 0 Å². The lowest BCUT2D eigenvalue weighted by molar-refractivity contribution is 0.613. The van der Waals surface area contributed by atoms with Gasteiger partial charge in [0.2, 0.25) is 0 Å². The molecule has 0 aromatic heterocycles. The van der Waals surface area contributed by atoms with Crippen LogP contribution in [0.4, 0.5) is 0 Å². The smallest absolute Gasteiger partial charge is 0.0119 e. The molecule has 0 saturated heterocycles. The molecular weight excluding hydrogens is 801 g/mol. The number of hydrogen-bond donors (Lipinski definition) is 1. The van der Waals surface area contributed by atoms with E-state index >= 15 is 0 Å². The molecule has 0 radical (unpaired) electrons. The highest BCUT2D eigenvalue weighted by molar-refractivity contribution is 7.80. The fourth-order valence-electron chi connectivity index (χ4n) is 11.1. The van der Waals surface area contributed by atoms with Gasteiger partial charge < -0.3 is 0 Å². The topological polar surface area (TPSA) is 0 Å². The van der Waals surface area contributed by atoms with E-state index in [2.05, 4.69) is 227 Å². The molecule has 4 unspecified atom stereocenters. The predicted octanol–water partition coefficient (Wildman–Crippen LogP) is 17.4. The summed E-state index contributed by atoms with van der Waals surface area (Å²) in [6.07, 6.45) is 12.6. The van der Waals surface area contributed by atoms with Crippen molar-refractivity contribution < 1.29 is 0 Å². The first-order valence-corrected chi connectivity index (χ1v) is 24.3. The molecule has 0 N–H and O–H groups in total. The molecule has 2 aliphatic rings. The second-order valence-corrected chi connectivity index (χ2v) is 18.7. The summed E-state index contributed by atoms with van der Waals surface area (Å²) >= 11 is 5.03. The molecule has 320 valence electrons. The van der Waals surface area contributed by atoms with Gasteiger partial charge in [0, 0.05) is 16.7 Å².